The van der Waals surface area contributed by atoms with E-state index in [4.69, 9.17) is 0 Å². The van der Waals surface area contributed by atoms with Gasteiger partial charge in [-0.3, -0.25) is 4.18 Å². The molecule has 3 atom stereocenters. The summed E-state index contributed by atoms with van der Waals surface area (Å²) in [7, 11) is -4.58. The molecule has 6 heteroatoms. The van der Waals surface area contributed by atoms with Crippen LogP contribution in [0.1, 0.15) is 91.9 Å². The van der Waals surface area contributed by atoms with Gasteiger partial charge in [-0.05, 0) is 30.6 Å². The van der Waals surface area contributed by atoms with Crippen LogP contribution in [-0.4, -0.2) is 19.6 Å². The third kappa shape index (κ3) is 16.3. The number of unbranched alkanes of at least 4 members (excludes halogenated alkanes) is 1. The molecule has 0 aromatic heterocycles. The van der Waals surface area contributed by atoms with Gasteiger partial charge in [-0.1, -0.05) is 79.1 Å². The molecule has 24 heavy (non-hydrogen) atoms. The van der Waals surface area contributed by atoms with Gasteiger partial charge in [0, 0.05) is 0 Å². The smallest absolute Gasteiger partial charge is 0.726 e. The zero-order valence-electron chi connectivity index (χ0n) is 16.6. The number of hydrogen-bond acceptors (Lipinski definition) is 4. The molecule has 3 unspecified atom stereocenters. The standard InChI is InChI=1S/C18H38O4S.Na/c1-5-10-16(4)12-8-9-13-18(15-22-23(19,20)21)14-17(7-3)11-6-2;/h16-18H,5-15H2,1-4H3,(H,19,20,21);/q;+1/p-1. The van der Waals surface area contributed by atoms with Crippen LogP contribution in [0.15, 0.2) is 0 Å². The molecular formula is C18H37NaO4S. The Bertz CT molecular complexity index is 373. The predicted molar refractivity (Wildman–Crippen MR) is 95.0 cm³/mol. The van der Waals surface area contributed by atoms with Crippen LogP contribution in [0.5, 0.6) is 0 Å². The van der Waals surface area contributed by atoms with E-state index in [0.717, 1.165) is 44.4 Å². The summed E-state index contributed by atoms with van der Waals surface area (Å²) in [5.41, 5.74) is 0. The Morgan fingerprint density at radius 3 is 2.00 bits per heavy atom. The van der Waals surface area contributed by atoms with Crippen molar-refractivity contribution in [2.75, 3.05) is 6.61 Å². The van der Waals surface area contributed by atoms with Gasteiger partial charge in [0.2, 0.25) is 10.4 Å². The Kier molecular flexibility index (Phi) is 18.1. The fraction of sp³-hybridized carbons (Fsp3) is 1.00. The molecule has 0 saturated heterocycles. The van der Waals surface area contributed by atoms with Crippen molar-refractivity contribution in [1.29, 1.82) is 0 Å². The SMILES string of the molecule is CCCC(C)CCCCC(COS(=O)(=O)[O-])CC(CC)CCC.[Na+]. The third-order valence-corrected chi connectivity index (χ3v) is 5.15. The van der Waals surface area contributed by atoms with Gasteiger partial charge >= 0.3 is 29.6 Å². The van der Waals surface area contributed by atoms with Gasteiger partial charge in [0.1, 0.15) is 0 Å². The topological polar surface area (TPSA) is 66.4 Å². The summed E-state index contributed by atoms with van der Waals surface area (Å²) in [5.74, 6) is 1.54. The molecule has 0 spiro atoms. The van der Waals surface area contributed by atoms with E-state index >= 15 is 0 Å². The first kappa shape index (κ1) is 27.1. The monoisotopic (exact) mass is 372 g/mol. The first-order chi connectivity index (χ1) is 10.8. The van der Waals surface area contributed by atoms with Crippen LogP contribution < -0.4 is 29.6 Å². The van der Waals surface area contributed by atoms with Crippen molar-refractivity contribution in [1.82, 2.24) is 0 Å². The van der Waals surface area contributed by atoms with E-state index in [0.29, 0.717) is 5.92 Å². The summed E-state index contributed by atoms with van der Waals surface area (Å²) in [4.78, 5) is 0. The molecule has 0 aromatic rings. The molecule has 0 aliphatic carbocycles. The Hall–Kier alpha value is 0.870. The van der Waals surface area contributed by atoms with Gasteiger partial charge in [-0.2, -0.15) is 0 Å². The zero-order valence-corrected chi connectivity index (χ0v) is 19.4. The van der Waals surface area contributed by atoms with Crippen LogP contribution in [0.4, 0.5) is 0 Å². The second-order valence-corrected chi connectivity index (χ2v) is 8.09. The average molecular weight is 373 g/mol. The average Bonchev–Trinajstić information content (AvgIpc) is 2.47. The van der Waals surface area contributed by atoms with Crippen LogP contribution in [0, 0.1) is 17.8 Å². The Morgan fingerprint density at radius 2 is 1.50 bits per heavy atom. The molecule has 0 aliphatic heterocycles. The van der Waals surface area contributed by atoms with E-state index < -0.39 is 10.4 Å². The normalized spacial score (nSPS) is 15.5. The van der Waals surface area contributed by atoms with Gasteiger partial charge in [0.05, 0.1) is 6.61 Å². The van der Waals surface area contributed by atoms with Crippen LogP contribution >= 0.6 is 0 Å². The van der Waals surface area contributed by atoms with Crippen LogP contribution in [0.3, 0.4) is 0 Å². The van der Waals surface area contributed by atoms with Crippen LogP contribution in [0.25, 0.3) is 0 Å². The molecular weight excluding hydrogens is 335 g/mol. The van der Waals surface area contributed by atoms with Crippen LogP contribution in [0.2, 0.25) is 0 Å². The Labute approximate surface area is 172 Å². The molecule has 4 nitrogen and oxygen atoms in total. The molecule has 0 amide bonds. The summed E-state index contributed by atoms with van der Waals surface area (Å²) >= 11 is 0. The molecule has 0 radical (unpaired) electrons. The minimum atomic E-state index is -4.58. The third-order valence-electron chi connectivity index (χ3n) is 4.73. The van der Waals surface area contributed by atoms with Gasteiger partial charge in [-0.15, -0.1) is 0 Å². The maximum atomic E-state index is 10.7. The molecule has 0 saturated carbocycles. The van der Waals surface area contributed by atoms with E-state index in [2.05, 4.69) is 31.9 Å². The Morgan fingerprint density at radius 1 is 0.917 bits per heavy atom. The van der Waals surface area contributed by atoms with Crippen molar-refractivity contribution in [3.8, 4) is 0 Å². The molecule has 0 fully saturated rings. The van der Waals surface area contributed by atoms with E-state index in [-0.39, 0.29) is 42.1 Å². The molecule has 140 valence electrons. The fourth-order valence-corrected chi connectivity index (χ4v) is 3.74. The quantitative estimate of drug-likeness (QED) is 0.191. The van der Waals surface area contributed by atoms with Gasteiger partial charge in [-0.25, -0.2) is 8.42 Å². The van der Waals surface area contributed by atoms with Crippen molar-refractivity contribution < 1.29 is 46.7 Å². The van der Waals surface area contributed by atoms with Gasteiger partial charge in [0.25, 0.3) is 0 Å². The summed E-state index contributed by atoms with van der Waals surface area (Å²) in [6.45, 7) is 8.91. The summed E-state index contributed by atoms with van der Waals surface area (Å²) in [6.07, 6.45) is 11.3. The molecule has 0 N–H and O–H groups in total. The maximum Gasteiger partial charge on any atom is 1.00 e. The molecule has 0 bridgehead atoms. The minimum absolute atomic E-state index is 0. The van der Waals surface area contributed by atoms with Gasteiger partial charge in [0.15, 0.2) is 0 Å². The summed E-state index contributed by atoms with van der Waals surface area (Å²) in [6, 6.07) is 0. The fourth-order valence-electron chi connectivity index (χ4n) is 3.38. The maximum absolute atomic E-state index is 10.7. The summed E-state index contributed by atoms with van der Waals surface area (Å²) < 4.78 is 36.7. The summed E-state index contributed by atoms with van der Waals surface area (Å²) in [5, 5.41) is 0. The van der Waals surface area contributed by atoms with Crippen LogP contribution in [-0.2, 0) is 14.6 Å². The largest absolute Gasteiger partial charge is 1.00 e. The zero-order chi connectivity index (χ0) is 17.7. The molecule has 0 rings (SSSR count). The Balaban J connectivity index is 0. The van der Waals surface area contributed by atoms with E-state index in [1.807, 2.05) is 0 Å². The second-order valence-electron chi connectivity index (χ2n) is 7.04. The molecule has 0 aliphatic rings. The van der Waals surface area contributed by atoms with E-state index in [1.165, 1.54) is 25.7 Å². The van der Waals surface area contributed by atoms with Crippen molar-refractivity contribution >= 4 is 10.4 Å². The van der Waals surface area contributed by atoms with Crippen molar-refractivity contribution in [2.45, 2.75) is 91.9 Å². The van der Waals surface area contributed by atoms with Gasteiger partial charge < -0.3 is 4.55 Å². The first-order valence-electron chi connectivity index (χ1n) is 9.42. The van der Waals surface area contributed by atoms with E-state index in [9.17, 15) is 13.0 Å². The molecule has 0 aromatic carbocycles. The van der Waals surface area contributed by atoms with Crippen molar-refractivity contribution in [3.63, 3.8) is 0 Å². The van der Waals surface area contributed by atoms with E-state index in [1.54, 1.807) is 0 Å². The number of hydrogen-bond donors (Lipinski definition) is 0. The predicted octanol–water partition coefficient (Wildman–Crippen LogP) is 2.30. The first-order valence-corrected chi connectivity index (χ1v) is 10.8. The van der Waals surface area contributed by atoms with Crippen molar-refractivity contribution in [3.05, 3.63) is 0 Å². The molecule has 0 heterocycles. The second kappa shape index (κ2) is 16.1. The number of rotatable bonds is 15. The van der Waals surface area contributed by atoms with Crippen molar-refractivity contribution in [2.24, 2.45) is 17.8 Å². The minimum Gasteiger partial charge on any atom is -0.726 e.